The summed E-state index contributed by atoms with van der Waals surface area (Å²) in [6.45, 7) is 1.45. The molecule has 0 radical (unpaired) electrons. The number of esters is 1. The van der Waals surface area contributed by atoms with Crippen LogP contribution >= 0.6 is 0 Å². The molecule has 24 heavy (non-hydrogen) atoms. The third-order valence-corrected chi connectivity index (χ3v) is 5.13. The van der Waals surface area contributed by atoms with Crippen molar-refractivity contribution in [2.75, 3.05) is 11.4 Å². The molecular formula is C17H16N2O4S. The lowest BCUT2D eigenvalue weighted by Crippen LogP contribution is -2.26. The van der Waals surface area contributed by atoms with Crippen LogP contribution in [0.4, 0.5) is 5.69 Å². The van der Waals surface area contributed by atoms with Crippen LogP contribution in [0.3, 0.4) is 0 Å². The van der Waals surface area contributed by atoms with E-state index in [-0.39, 0.29) is 10.5 Å². The van der Waals surface area contributed by atoms with Gasteiger partial charge in [-0.25, -0.2) is 13.2 Å². The first-order chi connectivity index (χ1) is 11.4. The highest BCUT2D eigenvalue weighted by atomic mass is 32.2. The SMILES string of the molecule is C[C@@H](C#N)OC(=O)c1ccc(S(=O)(=O)N(C)c2ccccc2)cc1. The summed E-state index contributed by atoms with van der Waals surface area (Å²) < 4.78 is 31.2. The second-order valence-electron chi connectivity index (χ2n) is 5.01. The molecule has 1 atom stereocenters. The molecular weight excluding hydrogens is 328 g/mol. The number of carbonyl (C=O) groups excluding carboxylic acids is 1. The predicted octanol–water partition coefficient (Wildman–Crippen LogP) is 2.58. The second-order valence-corrected chi connectivity index (χ2v) is 6.98. The third kappa shape index (κ3) is 3.73. The van der Waals surface area contributed by atoms with Crippen molar-refractivity contribution in [3.05, 3.63) is 60.2 Å². The van der Waals surface area contributed by atoms with Gasteiger partial charge in [0.15, 0.2) is 6.10 Å². The van der Waals surface area contributed by atoms with Crippen molar-refractivity contribution in [3.8, 4) is 6.07 Å². The Morgan fingerprint density at radius 1 is 1.12 bits per heavy atom. The average Bonchev–Trinajstić information content (AvgIpc) is 2.61. The number of hydrogen-bond donors (Lipinski definition) is 0. The van der Waals surface area contributed by atoms with Crippen LogP contribution < -0.4 is 4.31 Å². The van der Waals surface area contributed by atoms with Gasteiger partial charge in [-0.2, -0.15) is 5.26 Å². The van der Waals surface area contributed by atoms with E-state index in [0.29, 0.717) is 5.69 Å². The number of benzene rings is 2. The Kier molecular flexibility index (Phi) is 5.21. The van der Waals surface area contributed by atoms with E-state index in [1.807, 2.05) is 0 Å². The van der Waals surface area contributed by atoms with Gasteiger partial charge in [-0.05, 0) is 43.3 Å². The maximum atomic E-state index is 12.6. The zero-order valence-electron chi connectivity index (χ0n) is 13.2. The number of hydrogen-bond acceptors (Lipinski definition) is 5. The molecule has 6 nitrogen and oxygen atoms in total. The molecule has 2 aromatic rings. The largest absolute Gasteiger partial charge is 0.444 e. The Morgan fingerprint density at radius 3 is 2.25 bits per heavy atom. The molecule has 0 aliphatic carbocycles. The van der Waals surface area contributed by atoms with Gasteiger partial charge in [-0.15, -0.1) is 0 Å². The topological polar surface area (TPSA) is 87.5 Å². The van der Waals surface area contributed by atoms with Crippen molar-refractivity contribution < 1.29 is 17.9 Å². The van der Waals surface area contributed by atoms with Gasteiger partial charge >= 0.3 is 5.97 Å². The summed E-state index contributed by atoms with van der Waals surface area (Å²) in [5.74, 6) is -0.676. The van der Waals surface area contributed by atoms with Crippen molar-refractivity contribution in [2.45, 2.75) is 17.9 Å². The maximum absolute atomic E-state index is 12.6. The number of carbonyl (C=O) groups is 1. The van der Waals surface area contributed by atoms with E-state index in [1.54, 1.807) is 36.4 Å². The van der Waals surface area contributed by atoms with Crippen molar-refractivity contribution >= 4 is 21.7 Å². The Labute approximate surface area is 141 Å². The first kappa shape index (κ1) is 17.5. The van der Waals surface area contributed by atoms with Crippen molar-refractivity contribution in [2.24, 2.45) is 0 Å². The quantitative estimate of drug-likeness (QED) is 0.778. The monoisotopic (exact) mass is 344 g/mol. The lowest BCUT2D eigenvalue weighted by molar-refractivity contribution is 0.0435. The van der Waals surface area contributed by atoms with E-state index in [2.05, 4.69) is 0 Å². The summed E-state index contributed by atoms with van der Waals surface area (Å²) >= 11 is 0. The Balaban J connectivity index is 2.24. The number of anilines is 1. The van der Waals surface area contributed by atoms with Gasteiger partial charge in [-0.1, -0.05) is 18.2 Å². The Hall–Kier alpha value is -2.85. The fraction of sp³-hybridized carbons (Fsp3) is 0.176. The number of ether oxygens (including phenoxy) is 1. The van der Waals surface area contributed by atoms with Crippen LogP contribution in [-0.2, 0) is 14.8 Å². The highest BCUT2D eigenvalue weighted by Crippen LogP contribution is 2.22. The highest BCUT2D eigenvalue weighted by molar-refractivity contribution is 7.92. The molecule has 0 aliphatic heterocycles. The number of nitrogens with zero attached hydrogens (tertiary/aromatic N) is 2. The normalized spacial score (nSPS) is 12.0. The van der Waals surface area contributed by atoms with Gasteiger partial charge in [0.05, 0.1) is 16.1 Å². The molecule has 0 saturated heterocycles. The molecule has 124 valence electrons. The van der Waals surface area contributed by atoms with E-state index in [4.69, 9.17) is 10.00 Å². The Bertz CT molecular complexity index is 856. The van der Waals surface area contributed by atoms with Gasteiger partial charge in [0.25, 0.3) is 10.0 Å². The maximum Gasteiger partial charge on any atom is 0.339 e. The van der Waals surface area contributed by atoms with Crippen LogP contribution in [0, 0.1) is 11.3 Å². The molecule has 0 spiro atoms. The molecule has 2 rings (SSSR count). The molecule has 2 aromatic carbocycles. The first-order valence-electron chi connectivity index (χ1n) is 7.11. The first-order valence-corrected chi connectivity index (χ1v) is 8.55. The van der Waals surface area contributed by atoms with E-state index in [9.17, 15) is 13.2 Å². The molecule has 0 unspecified atom stereocenters. The number of para-hydroxylation sites is 1. The van der Waals surface area contributed by atoms with Gasteiger partial charge < -0.3 is 4.74 Å². The summed E-state index contributed by atoms with van der Waals surface area (Å²) in [6.07, 6.45) is -0.870. The van der Waals surface area contributed by atoms with Crippen molar-refractivity contribution in [1.29, 1.82) is 5.26 Å². The summed E-state index contributed by atoms with van der Waals surface area (Å²) in [5.41, 5.74) is 0.710. The molecule has 7 heteroatoms. The Morgan fingerprint density at radius 2 is 1.71 bits per heavy atom. The number of rotatable bonds is 5. The minimum atomic E-state index is -3.73. The summed E-state index contributed by atoms with van der Waals surface area (Å²) in [4.78, 5) is 11.9. The molecule has 0 aliphatic rings. The van der Waals surface area contributed by atoms with Crippen LogP contribution in [-0.4, -0.2) is 27.5 Å². The van der Waals surface area contributed by atoms with Gasteiger partial charge in [0, 0.05) is 7.05 Å². The fourth-order valence-electron chi connectivity index (χ4n) is 1.95. The van der Waals surface area contributed by atoms with Crippen LogP contribution in [0.15, 0.2) is 59.5 Å². The van der Waals surface area contributed by atoms with Crippen molar-refractivity contribution in [3.63, 3.8) is 0 Å². The van der Waals surface area contributed by atoms with E-state index >= 15 is 0 Å². The van der Waals surface area contributed by atoms with E-state index < -0.39 is 22.1 Å². The van der Waals surface area contributed by atoms with Gasteiger partial charge in [-0.3, -0.25) is 4.31 Å². The highest BCUT2D eigenvalue weighted by Gasteiger charge is 2.21. The zero-order chi connectivity index (χ0) is 17.7. The number of nitriles is 1. The van der Waals surface area contributed by atoms with Crippen LogP contribution in [0.2, 0.25) is 0 Å². The van der Waals surface area contributed by atoms with Crippen LogP contribution in [0.25, 0.3) is 0 Å². The molecule has 0 N–H and O–H groups in total. The van der Waals surface area contributed by atoms with Crippen molar-refractivity contribution in [1.82, 2.24) is 0 Å². The van der Waals surface area contributed by atoms with E-state index in [1.165, 1.54) is 38.2 Å². The van der Waals surface area contributed by atoms with Crippen LogP contribution in [0.5, 0.6) is 0 Å². The molecule has 0 amide bonds. The fourth-order valence-corrected chi connectivity index (χ4v) is 3.15. The van der Waals surface area contributed by atoms with Gasteiger partial charge in [0.1, 0.15) is 6.07 Å². The van der Waals surface area contributed by atoms with Gasteiger partial charge in [0.2, 0.25) is 0 Å². The summed E-state index contributed by atoms with van der Waals surface area (Å²) in [7, 11) is -2.27. The second kappa shape index (κ2) is 7.15. The minimum Gasteiger partial charge on any atom is -0.444 e. The number of sulfonamides is 1. The molecule has 0 heterocycles. The molecule has 0 fully saturated rings. The molecule has 0 saturated carbocycles. The average molecular weight is 344 g/mol. The summed E-state index contributed by atoms with van der Waals surface area (Å²) in [5, 5.41) is 8.64. The zero-order valence-corrected chi connectivity index (χ0v) is 14.0. The third-order valence-electron chi connectivity index (χ3n) is 3.33. The lowest BCUT2D eigenvalue weighted by atomic mass is 10.2. The smallest absolute Gasteiger partial charge is 0.339 e. The van der Waals surface area contributed by atoms with E-state index in [0.717, 1.165) is 4.31 Å². The standard InChI is InChI=1S/C17H16N2O4S/c1-13(12-18)23-17(20)14-8-10-16(11-9-14)24(21,22)19(2)15-6-4-3-5-7-15/h3-11,13H,1-2H3/t13-/m0/s1. The predicted molar refractivity (Wildman–Crippen MR) is 89.0 cm³/mol. The minimum absolute atomic E-state index is 0.0544. The lowest BCUT2D eigenvalue weighted by Gasteiger charge is -2.19. The van der Waals surface area contributed by atoms with Crippen LogP contribution in [0.1, 0.15) is 17.3 Å². The molecule has 0 bridgehead atoms. The molecule has 0 aromatic heterocycles. The summed E-state index contributed by atoms with van der Waals surface area (Å²) in [6, 6.07) is 15.8.